The molecule has 0 N–H and O–H groups in total. The van der Waals surface area contributed by atoms with E-state index >= 15 is 0 Å². The molecule has 0 radical (unpaired) electrons. The van der Waals surface area contributed by atoms with E-state index in [0.29, 0.717) is 35.7 Å². The van der Waals surface area contributed by atoms with Crippen molar-refractivity contribution in [3.8, 4) is 17.2 Å². The Morgan fingerprint density at radius 1 is 0.897 bits per heavy atom. The van der Waals surface area contributed by atoms with Gasteiger partial charge in [-0.25, -0.2) is 4.79 Å². The maximum Gasteiger partial charge on any atom is 0.344 e. The Kier molecular flexibility index (Phi) is 4.05. The molecule has 2 heterocycles. The lowest BCUT2D eigenvalue weighted by atomic mass is 10.0. The molecule has 0 unspecified atom stereocenters. The number of nitrogens with zero attached hydrogens (tertiary/aromatic N) is 1. The van der Waals surface area contributed by atoms with Crippen LogP contribution in [0.1, 0.15) is 5.56 Å². The van der Waals surface area contributed by atoms with Gasteiger partial charge in [0.25, 0.3) is 0 Å². The summed E-state index contributed by atoms with van der Waals surface area (Å²) in [4.78, 5) is 14.6. The van der Waals surface area contributed by atoms with Gasteiger partial charge in [0.1, 0.15) is 22.8 Å². The second-order valence-electron chi connectivity index (χ2n) is 6.90. The Hall–Kier alpha value is -3.67. The molecule has 4 aromatic rings. The van der Waals surface area contributed by atoms with E-state index in [2.05, 4.69) is 0 Å². The lowest BCUT2D eigenvalue weighted by Gasteiger charge is -2.31. The van der Waals surface area contributed by atoms with Gasteiger partial charge in [0, 0.05) is 29.3 Å². The predicted octanol–water partition coefficient (Wildman–Crippen LogP) is 4.32. The molecule has 1 aliphatic rings. The van der Waals surface area contributed by atoms with Gasteiger partial charge in [0.2, 0.25) is 0 Å². The van der Waals surface area contributed by atoms with E-state index in [1.165, 1.54) is 0 Å². The molecule has 0 saturated carbocycles. The van der Waals surface area contributed by atoms with Crippen LogP contribution in [0.5, 0.6) is 17.2 Å². The summed E-state index contributed by atoms with van der Waals surface area (Å²) in [6, 6.07) is 17.0. The summed E-state index contributed by atoms with van der Waals surface area (Å²) >= 11 is 0. The summed E-state index contributed by atoms with van der Waals surface area (Å²) in [5, 5.41) is 2.35. The molecule has 0 aliphatic carbocycles. The molecule has 1 aromatic heterocycles. The predicted molar refractivity (Wildman–Crippen MR) is 111 cm³/mol. The fraction of sp³-hybridized carbons (Fsp3) is 0.174. The highest BCUT2D eigenvalue weighted by molar-refractivity contribution is 6.05. The largest absolute Gasteiger partial charge is 0.497 e. The molecule has 6 heteroatoms. The van der Waals surface area contributed by atoms with Crippen molar-refractivity contribution in [2.75, 3.05) is 25.9 Å². The van der Waals surface area contributed by atoms with Gasteiger partial charge in [-0.05, 0) is 23.6 Å². The maximum atomic E-state index is 12.5. The minimum absolute atomic E-state index is 0.346. The molecule has 29 heavy (non-hydrogen) atoms. The van der Waals surface area contributed by atoms with Gasteiger partial charge in [0.05, 0.1) is 31.7 Å². The van der Waals surface area contributed by atoms with Crippen molar-refractivity contribution < 1.29 is 18.6 Å². The van der Waals surface area contributed by atoms with Crippen LogP contribution in [0, 0.1) is 0 Å². The van der Waals surface area contributed by atoms with Crippen molar-refractivity contribution in [1.29, 1.82) is 0 Å². The van der Waals surface area contributed by atoms with Crippen LogP contribution in [-0.4, -0.2) is 21.0 Å². The molecule has 3 aromatic carbocycles. The second kappa shape index (κ2) is 6.74. The van der Waals surface area contributed by atoms with Crippen LogP contribution in [0.3, 0.4) is 0 Å². The van der Waals surface area contributed by atoms with Crippen molar-refractivity contribution in [1.82, 2.24) is 0 Å². The number of methoxy groups -OCH3 is 2. The number of hydrogen-bond donors (Lipinski definition) is 0. The number of anilines is 1. The summed E-state index contributed by atoms with van der Waals surface area (Å²) in [7, 11) is 3.24. The first kappa shape index (κ1) is 17.4. The van der Waals surface area contributed by atoms with Crippen LogP contribution in [0.4, 0.5) is 5.69 Å². The SMILES string of the molecule is COc1cc(OC)cc(N2COc3ccc4c(oc(=O)c5ccccc54)c3C2)c1. The molecule has 1 aliphatic heterocycles. The fourth-order valence-corrected chi connectivity index (χ4v) is 3.79. The number of rotatable bonds is 3. The third-order valence-corrected chi connectivity index (χ3v) is 5.28. The average molecular weight is 389 g/mol. The minimum atomic E-state index is -0.346. The van der Waals surface area contributed by atoms with E-state index in [4.69, 9.17) is 18.6 Å². The van der Waals surface area contributed by atoms with Crippen LogP contribution >= 0.6 is 0 Å². The van der Waals surface area contributed by atoms with Gasteiger partial charge < -0.3 is 23.5 Å². The van der Waals surface area contributed by atoms with Crippen LogP contribution in [0.15, 0.2) is 63.8 Å². The molecule has 0 atom stereocenters. The van der Waals surface area contributed by atoms with Crippen LogP contribution in [-0.2, 0) is 6.54 Å². The van der Waals surface area contributed by atoms with Gasteiger partial charge in [0.15, 0.2) is 6.73 Å². The lowest BCUT2D eigenvalue weighted by molar-refractivity contribution is 0.288. The topological polar surface area (TPSA) is 61.1 Å². The van der Waals surface area contributed by atoms with Gasteiger partial charge >= 0.3 is 5.63 Å². The number of benzene rings is 3. The molecule has 0 fully saturated rings. The standard InChI is InChI=1S/C23H19NO5/c1-26-15-9-14(10-16(11-15)27-2)24-12-20-21(28-13-24)8-7-18-17-5-3-4-6-19(17)23(25)29-22(18)20/h3-11H,12-13H2,1-2H3. The maximum absolute atomic E-state index is 12.5. The van der Waals surface area contributed by atoms with Gasteiger partial charge in [-0.15, -0.1) is 0 Å². The zero-order chi connectivity index (χ0) is 20.0. The Labute approximate surface area is 166 Å². The Balaban J connectivity index is 1.66. The molecule has 0 saturated heterocycles. The molecule has 0 amide bonds. The Morgan fingerprint density at radius 2 is 1.62 bits per heavy atom. The van der Waals surface area contributed by atoms with Crippen molar-refractivity contribution >= 4 is 27.4 Å². The van der Waals surface area contributed by atoms with E-state index in [9.17, 15) is 4.79 Å². The third-order valence-electron chi connectivity index (χ3n) is 5.28. The normalized spacial score (nSPS) is 13.2. The zero-order valence-electron chi connectivity index (χ0n) is 16.1. The highest BCUT2D eigenvalue weighted by atomic mass is 16.5. The molecule has 146 valence electrons. The Morgan fingerprint density at radius 3 is 2.34 bits per heavy atom. The third kappa shape index (κ3) is 2.84. The number of hydrogen-bond acceptors (Lipinski definition) is 6. The van der Waals surface area contributed by atoms with E-state index < -0.39 is 0 Å². The summed E-state index contributed by atoms with van der Waals surface area (Å²) < 4.78 is 22.5. The summed E-state index contributed by atoms with van der Waals surface area (Å²) in [5.41, 5.74) is 1.96. The first-order chi connectivity index (χ1) is 14.2. The second-order valence-corrected chi connectivity index (χ2v) is 6.90. The van der Waals surface area contributed by atoms with Gasteiger partial charge in [-0.1, -0.05) is 18.2 Å². The molecule has 6 nitrogen and oxygen atoms in total. The van der Waals surface area contributed by atoms with Crippen LogP contribution < -0.4 is 24.7 Å². The minimum Gasteiger partial charge on any atom is -0.497 e. The van der Waals surface area contributed by atoms with Gasteiger partial charge in [-0.3, -0.25) is 0 Å². The van der Waals surface area contributed by atoms with Crippen LogP contribution in [0.25, 0.3) is 21.7 Å². The lowest BCUT2D eigenvalue weighted by Crippen LogP contribution is -2.32. The van der Waals surface area contributed by atoms with Crippen molar-refractivity contribution in [3.63, 3.8) is 0 Å². The average Bonchev–Trinajstić information content (AvgIpc) is 2.78. The summed E-state index contributed by atoms with van der Waals surface area (Å²) in [6.07, 6.45) is 0. The highest BCUT2D eigenvalue weighted by Gasteiger charge is 2.23. The zero-order valence-corrected chi connectivity index (χ0v) is 16.1. The van der Waals surface area contributed by atoms with E-state index in [1.807, 2.05) is 53.4 Å². The first-order valence-corrected chi connectivity index (χ1v) is 9.26. The van der Waals surface area contributed by atoms with E-state index in [-0.39, 0.29) is 5.63 Å². The van der Waals surface area contributed by atoms with Crippen molar-refractivity contribution in [3.05, 3.63) is 70.6 Å². The highest BCUT2D eigenvalue weighted by Crippen LogP contribution is 2.37. The quantitative estimate of drug-likeness (QED) is 0.384. The molecule has 5 rings (SSSR count). The molecule has 0 spiro atoms. The molecular weight excluding hydrogens is 370 g/mol. The number of fused-ring (bicyclic) bond motifs is 5. The number of ether oxygens (including phenoxy) is 3. The van der Waals surface area contributed by atoms with Crippen molar-refractivity contribution in [2.24, 2.45) is 0 Å². The van der Waals surface area contributed by atoms with E-state index in [0.717, 1.165) is 27.8 Å². The van der Waals surface area contributed by atoms with Gasteiger partial charge in [-0.2, -0.15) is 0 Å². The fourth-order valence-electron chi connectivity index (χ4n) is 3.79. The van der Waals surface area contributed by atoms with Crippen LogP contribution in [0.2, 0.25) is 0 Å². The molecular formula is C23H19NO5. The van der Waals surface area contributed by atoms with Crippen molar-refractivity contribution in [2.45, 2.75) is 6.54 Å². The Bertz CT molecular complexity index is 1270. The monoisotopic (exact) mass is 389 g/mol. The van der Waals surface area contributed by atoms with E-state index in [1.54, 1.807) is 20.3 Å². The molecule has 0 bridgehead atoms. The smallest absolute Gasteiger partial charge is 0.344 e. The summed E-state index contributed by atoms with van der Waals surface area (Å²) in [6.45, 7) is 0.900. The first-order valence-electron chi connectivity index (χ1n) is 9.26. The summed E-state index contributed by atoms with van der Waals surface area (Å²) in [5.74, 6) is 2.11.